The molecule has 9 heteroatoms. The summed E-state index contributed by atoms with van der Waals surface area (Å²) in [6.07, 6.45) is -0.939. The molecule has 0 saturated heterocycles. The Kier molecular flexibility index (Phi) is 10.7. The summed E-state index contributed by atoms with van der Waals surface area (Å²) in [5.74, 6) is -1.44. The molecule has 0 spiro atoms. The Morgan fingerprint density at radius 1 is 1.03 bits per heavy atom. The van der Waals surface area contributed by atoms with Gasteiger partial charge in [0.15, 0.2) is 0 Å². The molecule has 0 fully saturated rings. The minimum Gasteiger partial charge on any atom is -0.444 e. The van der Waals surface area contributed by atoms with Crippen LogP contribution in [0.5, 0.6) is 0 Å². The van der Waals surface area contributed by atoms with Gasteiger partial charge >= 0.3 is 6.09 Å². The Bertz CT molecular complexity index is 921. The summed E-state index contributed by atoms with van der Waals surface area (Å²) in [4.78, 5) is 52.9. The maximum atomic E-state index is 13.9. The molecule has 2 atom stereocenters. The van der Waals surface area contributed by atoms with Crippen LogP contribution >= 0.6 is 0 Å². The fourth-order valence-corrected chi connectivity index (χ4v) is 3.69. The van der Waals surface area contributed by atoms with Crippen molar-refractivity contribution in [3.05, 3.63) is 34.9 Å². The number of amides is 4. The van der Waals surface area contributed by atoms with Gasteiger partial charge in [-0.15, -0.1) is 0 Å². The molecule has 196 valence electrons. The first kappa shape index (κ1) is 29.9. The molecule has 0 radical (unpaired) electrons. The van der Waals surface area contributed by atoms with Crippen LogP contribution < -0.4 is 16.4 Å². The Morgan fingerprint density at radius 3 is 2.11 bits per heavy atom. The van der Waals surface area contributed by atoms with Gasteiger partial charge in [0, 0.05) is 18.5 Å². The Morgan fingerprint density at radius 2 is 1.63 bits per heavy atom. The third-order valence-corrected chi connectivity index (χ3v) is 5.17. The summed E-state index contributed by atoms with van der Waals surface area (Å²) in [5.41, 5.74) is 7.04. The highest BCUT2D eigenvalue weighted by Gasteiger charge is 2.38. The monoisotopic (exact) mass is 490 g/mol. The molecule has 2 unspecified atom stereocenters. The number of carbonyl (C=O) groups excluding carboxylic acids is 4. The molecule has 1 rings (SSSR count). The lowest BCUT2D eigenvalue weighted by atomic mass is 9.94. The van der Waals surface area contributed by atoms with E-state index in [1.54, 1.807) is 34.6 Å². The van der Waals surface area contributed by atoms with Crippen molar-refractivity contribution in [3.8, 4) is 0 Å². The fourth-order valence-electron chi connectivity index (χ4n) is 3.69. The van der Waals surface area contributed by atoms with E-state index in [1.807, 2.05) is 45.9 Å². The molecular weight excluding hydrogens is 448 g/mol. The third kappa shape index (κ3) is 9.58. The van der Waals surface area contributed by atoms with E-state index in [0.29, 0.717) is 5.56 Å². The zero-order valence-electron chi connectivity index (χ0n) is 22.5. The quantitative estimate of drug-likeness (QED) is 0.463. The lowest BCUT2D eigenvalue weighted by Gasteiger charge is -2.38. The second-order valence-electron chi connectivity index (χ2n) is 10.5. The van der Waals surface area contributed by atoms with Crippen molar-refractivity contribution >= 4 is 23.8 Å². The molecule has 0 bridgehead atoms. The van der Waals surface area contributed by atoms with Crippen LogP contribution in [0.1, 0.15) is 84.0 Å². The van der Waals surface area contributed by atoms with Gasteiger partial charge in [-0.25, -0.2) is 4.79 Å². The highest BCUT2D eigenvalue weighted by atomic mass is 16.6. The van der Waals surface area contributed by atoms with Gasteiger partial charge in [-0.2, -0.15) is 0 Å². The third-order valence-electron chi connectivity index (χ3n) is 5.17. The predicted molar refractivity (Wildman–Crippen MR) is 136 cm³/mol. The van der Waals surface area contributed by atoms with E-state index >= 15 is 0 Å². The van der Waals surface area contributed by atoms with E-state index in [4.69, 9.17) is 10.5 Å². The first-order valence-electron chi connectivity index (χ1n) is 12.0. The van der Waals surface area contributed by atoms with Crippen LogP contribution in [0, 0.1) is 13.8 Å². The van der Waals surface area contributed by atoms with Crippen molar-refractivity contribution in [2.24, 2.45) is 5.73 Å². The number of carbonyl (C=O) groups is 4. The van der Waals surface area contributed by atoms with E-state index in [-0.39, 0.29) is 24.8 Å². The first-order valence-corrected chi connectivity index (χ1v) is 12.0. The number of hydrogen-bond donors (Lipinski definition) is 3. The minimum atomic E-state index is -1.11. The molecule has 1 aromatic rings. The highest BCUT2D eigenvalue weighted by molar-refractivity contribution is 5.93. The van der Waals surface area contributed by atoms with Gasteiger partial charge in [-0.1, -0.05) is 23.8 Å². The first-order chi connectivity index (χ1) is 16.0. The predicted octanol–water partition coefficient (Wildman–Crippen LogP) is 3.26. The summed E-state index contributed by atoms with van der Waals surface area (Å²) >= 11 is 0. The molecule has 1 aromatic carbocycles. The highest BCUT2D eigenvalue weighted by Crippen LogP contribution is 2.29. The minimum absolute atomic E-state index is 0.0258. The average molecular weight is 491 g/mol. The molecule has 0 aliphatic carbocycles. The van der Waals surface area contributed by atoms with Gasteiger partial charge in [0.25, 0.3) is 0 Å². The van der Waals surface area contributed by atoms with Crippen LogP contribution in [0.15, 0.2) is 18.2 Å². The van der Waals surface area contributed by atoms with Gasteiger partial charge in [-0.05, 0) is 79.9 Å². The lowest BCUT2D eigenvalue weighted by molar-refractivity contribution is -0.145. The maximum absolute atomic E-state index is 13.9. The standard InChI is InChI=1S/C26H42N4O5/c1-15(2)28-23(32)22(19-14-17(5)10-11-18(19)6)30(16(3)4)24(33)20(12-13-21(27)31)29-25(34)35-26(7,8)9/h10-11,14-16,20,22H,12-13H2,1-9H3,(H2,27,31)(H,28,32)(H,29,34). The fraction of sp³-hybridized carbons (Fsp3) is 0.615. The lowest BCUT2D eigenvalue weighted by Crippen LogP contribution is -2.55. The van der Waals surface area contributed by atoms with Crippen molar-refractivity contribution in [1.29, 1.82) is 0 Å². The van der Waals surface area contributed by atoms with E-state index in [9.17, 15) is 19.2 Å². The van der Waals surface area contributed by atoms with Gasteiger partial charge < -0.3 is 26.0 Å². The van der Waals surface area contributed by atoms with E-state index in [2.05, 4.69) is 10.6 Å². The van der Waals surface area contributed by atoms with E-state index in [1.165, 1.54) is 4.90 Å². The van der Waals surface area contributed by atoms with Crippen LogP contribution in [0.25, 0.3) is 0 Å². The number of hydrogen-bond acceptors (Lipinski definition) is 5. The summed E-state index contributed by atoms with van der Waals surface area (Å²) in [7, 11) is 0. The number of primary amides is 1. The molecule has 0 saturated carbocycles. The average Bonchev–Trinajstić information content (AvgIpc) is 2.68. The van der Waals surface area contributed by atoms with Crippen molar-refractivity contribution < 1.29 is 23.9 Å². The van der Waals surface area contributed by atoms with Crippen molar-refractivity contribution in [1.82, 2.24) is 15.5 Å². The van der Waals surface area contributed by atoms with Crippen molar-refractivity contribution in [2.75, 3.05) is 0 Å². The number of nitrogens with zero attached hydrogens (tertiary/aromatic N) is 1. The van der Waals surface area contributed by atoms with Gasteiger partial charge in [0.1, 0.15) is 17.7 Å². The molecule has 0 aliphatic rings. The number of nitrogens with one attached hydrogen (secondary N) is 2. The SMILES string of the molecule is Cc1ccc(C)c(C(C(=O)NC(C)C)N(C(=O)C(CCC(N)=O)NC(=O)OC(C)(C)C)C(C)C)c1. The second-order valence-corrected chi connectivity index (χ2v) is 10.5. The topological polar surface area (TPSA) is 131 Å². The number of rotatable bonds is 10. The molecule has 0 aromatic heterocycles. The number of benzene rings is 1. The molecular formula is C26H42N4O5. The Balaban J connectivity index is 3.54. The molecule has 9 nitrogen and oxygen atoms in total. The van der Waals surface area contributed by atoms with Crippen LogP contribution in [0.3, 0.4) is 0 Å². The zero-order chi connectivity index (χ0) is 27.1. The van der Waals surface area contributed by atoms with Crippen LogP contribution in [-0.2, 0) is 19.1 Å². The summed E-state index contributed by atoms with van der Waals surface area (Å²) in [6, 6.07) is 3.14. The summed E-state index contributed by atoms with van der Waals surface area (Å²) in [6.45, 7) is 16.2. The Hall–Kier alpha value is -3.10. The van der Waals surface area contributed by atoms with E-state index in [0.717, 1.165) is 11.1 Å². The smallest absolute Gasteiger partial charge is 0.408 e. The second kappa shape index (κ2) is 12.6. The van der Waals surface area contributed by atoms with Gasteiger partial charge in [0.2, 0.25) is 17.7 Å². The molecule has 0 aliphatic heterocycles. The zero-order valence-corrected chi connectivity index (χ0v) is 22.5. The van der Waals surface area contributed by atoms with E-state index < -0.39 is 41.6 Å². The molecule has 35 heavy (non-hydrogen) atoms. The number of aryl methyl sites for hydroxylation is 2. The van der Waals surface area contributed by atoms with Crippen LogP contribution in [-0.4, -0.2) is 52.4 Å². The van der Waals surface area contributed by atoms with Crippen LogP contribution in [0.2, 0.25) is 0 Å². The number of ether oxygens (including phenoxy) is 1. The summed E-state index contributed by atoms with van der Waals surface area (Å²) < 4.78 is 5.33. The normalized spacial score (nSPS) is 13.2. The number of nitrogens with two attached hydrogens (primary N) is 1. The van der Waals surface area contributed by atoms with Gasteiger partial charge in [-0.3, -0.25) is 14.4 Å². The number of alkyl carbamates (subject to hydrolysis) is 1. The van der Waals surface area contributed by atoms with Crippen molar-refractivity contribution in [3.63, 3.8) is 0 Å². The van der Waals surface area contributed by atoms with Crippen LogP contribution in [0.4, 0.5) is 4.79 Å². The Labute approximate surface area is 209 Å². The molecule has 4 amide bonds. The summed E-state index contributed by atoms with van der Waals surface area (Å²) in [5, 5.41) is 5.50. The molecule has 4 N–H and O–H groups in total. The van der Waals surface area contributed by atoms with Crippen molar-refractivity contribution in [2.45, 2.75) is 105 Å². The maximum Gasteiger partial charge on any atom is 0.408 e. The largest absolute Gasteiger partial charge is 0.444 e. The molecule has 0 heterocycles. The van der Waals surface area contributed by atoms with Gasteiger partial charge in [0.05, 0.1) is 0 Å².